The number of fused-ring (bicyclic) bond motifs is 1. The summed E-state index contributed by atoms with van der Waals surface area (Å²) in [6, 6.07) is -0.574. The summed E-state index contributed by atoms with van der Waals surface area (Å²) in [4.78, 5) is 25.7. The molecule has 1 aliphatic carbocycles. The van der Waals surface area contributed by atoms with Crippen LogP contribution in [0.15, 0.2) is 5.38 Å². The van der Waals surface area contributed by atoms with Gasteiger partial charge in [-0.1, -0.05) is 20.8 Å². The summed E-state index contributed by atoms with van der Waals surface area (Å²) in [6.45, 7) is 6.30. The van der Waals surface area contributed by atoms with Crippen LogP contribution in [0.3, 0.4) is 0 Å². The van der Waals surface area contributed by atoms with Crippen LogP contribution in [0.1, 0.15) is 54.4 Å². The molecule has 4 nitrogen and oxygen atoms in total. The van der Waals surface area contributed by atoms with Crippen LogP contribution in [-0.2, 0) is 22.4 Å². The lowest BCUT2D eigenvalue weighted by Crippen LogP contribution is -2.42. The van der Waals surface area contributed by atoms with Crippen molar-refractivity contribution in [2.75, 3.05) is 7.11 Å². The first-order valence-electron chi connectivity index (χ1n) is 7.90. The number of rotatable bonds is 5. The van der Waals surface area contributed by atoms with Crippen molar-refractivity contribution in [1.29, 1.82) is 0 Å². The highest BCUT2D eigenvalue weighted by atomic mass is 32.1. The smallest absolute Gasteiger partial charge is 0.328 e. The Morgan fingerprint density at radius 3 is 2.82 bits per heavy atom. The zero-order chi connectivity index (χ0) is 16.3. The first-order valence-corrected chi connectivity index (χ1v) is 8.78. The van der Waals surface area contributed by atoms with Crippen molar-refractivity contribution in [1.82, 2.24) is 5.32 Å². The average molecular weight is 323 g/mol. The number of thiophene rings is 1. The Morgan fingerprint density at radius 1 is 1.45 bits per heavy atom. The van der Waals surface area contributed by atoms with E-state index in [2.05, 4.69) is 12.2 Å². The van der Waals surface area contributed by atoms with Gasteiger partial charge in [0.25, 0.3) is 5.91 Å². The molecule has 2 atom stereocenters. The monoisotopic (exact) mass is 323 g/mol. The number of nitrogens with one attached hydrogen (secondary N) is 1. The van der Waals surface area contributed by atoms with Crippen LogP contribution in [0.2, 0.25) is 0 Å². The van der Waals surface area contributed by atoms with E-state index in [9.17, 15) is 9.59 Å². The Bertz CT molecular complexity index is 550. The highest BCUT2D eigenvalue weighted by molar-refractivity contribution is 7.10. The molecule has 22 heavy (non-hydrogen) atoms. The second-order valence-corrected chi connectivity index (χ2v) is 7.54. The summed E-state index contributed by atoms with van der Waals surface area (Å²) in [7, 11) is 1.36. The predicted molar refractivity (Wildman–Crippen MR) is 88.2 cm³/mol. The molecule has 0 aromatic carbocycles. The highest BCUT2D eigenvalue weighted by Crippen LogP contribution is 2.32. The lowest BCUT2D eigenvalue weighted by molar-refractivity contribution is -0.143. The molecule has 0 saturated carbocycles. The van der Waals surface area contributed by atoms with E-state index in [1.165, 1.54) is 17.6 Å². The molecular formula is C17H25NO3S. The summed E-state index contributed by atoms with van der Waals surface area (Å²) in [5.41, 5.74) is 1.92. The van der Waals surface area contributed by atoms with E-state index in [1.807, 2.05) is 19.2 Å². The Balaban J connectivity index is 2.12. The van der Waals surface area contributed by atoms with Crippen LogP contribution in [-0.4, -0.2) is 25.0 Å². The fraction of sp³-hybridized carbons (Fsp3) is 0.647. The van der Waals surface area contributed by atoms with Crippen LogP contribution in [0.25, 0.3) is 0 Å². The van der Waals surface area contributed by atoms with Gasteiger partial charge in [-0.05, 0) is 43.1 Å². The van der Waals surface area contributed by atoms with Crippen LogP contribution >= 0.6 is 11.3 Å². The minimum absolute atomic E-state index is 0.150. The highest BCUT2D eigenvalue weighted by Gasteiger charge is 2.27. The fourth-order valence-corrected chi connectivity index (χ4v) is 4.18. The zero-order valence-corrected chi connectivity index (χ0v) is 14.6. The molecule has 5 heteroatoms. The quantitative estimate of drug-likeness (QED) is 0.847. The Kier molecular flexibility index (Phi) is 5.62. The van der Waals surface area contributed by atoms with Crippen molar-refractivity contribution >= 4 is 23.2 Å². The van der Waals surface area contributed by atoms with Gasteiger partial charge in [-0.15, -0.1) is 11.3 Å². The number of amides is 1. The van der Waals surface area contributed by atoms with Gasteiger partial charge >= 0.3 is 5.97 Å². The number of esters is 1. The van der Waals surface area contributed by atoms with Gasteiger partial charge in [0.1, 0.15) is 6.04 Å². The second kappa shape index (κ2) is 7.27. The molecule has 1 aromatic heterocycles. The van der Waals surface area contributed by atoms with E-state index in [0.29, 0.717) is 18.3 Å². The van der Waals surface area contributed by atoms with Gasteiger partial charge < -0.3 is 10.1 Å². The van der Waals surface area contributed by atoms with Crippen molar-refractivity contribution in [3.63, 3.8) is 0 Å². The molecule has 2 rings (SSSR count). The topological polar surface area (TPSA) is 55.4 Å². The van der Waals surface area contributed by atoms with Crippen molar-refractivity contribution in [2.45, 2.75) is 52.5 Å². The van der Waals surface area contributed by atoms with Crippen molar-refractivity contribution in [3.05, 3.63) is 21.4 Å². The average Bonchev–Trinajstić information content (AvgIpc) is 2.88. The molecule has 1 aliphatic rings. The normalized spacial score (nSPS) is 18.7. The molecule has 2 unspecified atom stereocenters. The third kappa shape index (κ3) is 3.88. The predicted octanol–water partition coefficient (Wildman–Crippen LogP) is 3.19. The number of ether oxygens (including phenoxy) is 1. The second-order valence-electron chi connectivity index (χ2n) is 6.58. The van der Waals surface area contributed by atoms with Gasteiger partial charge in [-0.25, -0.2) is 4.79 Å². The first kappa shape index (κ1) is 17.0. The maximum atomic E-state index is 12.6. The molecule has 1 aromatic rings. The van der Waals surface area contributed by atoms with Crippen molar-refractivity contribution in [3.8, 4) is 0 Å². The van der Waals surface area contributed by atoms with E-state index >= 15 is 0 Å². The van der Waals surface area contributed by atoms with Gasteiger partial charge in [-0.2, -0.15) is 0 Å². The minimum atomic E-state index is -0.574. The molecule has 1 heterocycles. The Hall–Kier alpha value is -1.36. The van der Waals surface area contributed by atoms with Gasteiger partial charge in [-0.3, -0.25) is 4.79 Å². The largest absolute Gasteiger partial charge is 0.467 e. The number of methoxy groups -OCH3 is 1. The lowest BCUT2D eigenvalue weighted by Gasteiger charge is -2.21. The lowest BCUT2D eigenvalue weighted by atomic mass is 9.88. The summed E-state index contributed by atoms with van der Waals surface area (Å²) in [5.74, 6) is 0.468. The van der Waals surface area contributed by atoms with Crippen molar-refractivity contribution in [2.24, 2.45) is 11.8 Å². The molecule has 122 valence electrons. The zero-order valence-electron chi connectivity index (χ0n) is 13.8. The Labute approximate surface area is 136 Å². The van der Waals surface area contributed by atoms with Gasteiger partial charge in [0, 0.05) is 10.3 Å². The Morgan fingerprint density at radius 2 is 2.18 bits per heavy atom. The fourth-order valence-electron chi connectivity index (χ4n) is 2.93. The maximum absolute atomic E-state index is 12.6. The number of carbonyl (C=O) groups is 2. The van der Waals surface area contributed by atoms with Crippen LogP contribution in [0.5, 0.6) is 0 Å². The van der Waals surface area contributed by atoms with Gasteiger partial charge in [0.2, 0.25) is 0 Å². The van der Waals surface area contributed by atoms with Crippen molar-refractivity contribution < 1.29 is 14.3 Å². The summed E-state index contributed by atoms with van der Waals surface area (Å²) < 4.78 is 4.81. The summed E-state index contributed by atoms with van der Waals surface area (Å²) >= 11 is 1.66. The van der Waals surface area contributed by atoms with E-state index in [4.69, 9.17) is 4.74 Å². The van der Waals surface area contributed by atoms with E-state index in [1.54, 1.807) is 11.3 Å². The standard InChI is InChI=1S/C17H25NO3S/c1-10(2)7-14(17(20)21-4)18-16(19)13-9-22-15-8-11(3)5-6-12(13)15/h9-11,14H,5-8H2,1-4H3,(H,18,19). The number of carbonyl (C=O) groups excluding carboxylic acids is 2. The van der Waals surface area contributed by atoms with E-state index in [0.717, 1.165) is 24.8 Å². The van der Waals surface area contributed by atoms with E-state index in [-0.39, 0.29) is 11.9 Å². The molecule has 1 amide bonds. The molecular weight excluding hydrogens is 298 g/mol. The van der Waals surface area contributed by atoms with Crippen LogP contribution in [0.4, 0.5) is 0 Å². The third-order valence-electron chi connectivity index (χ3n) is 4.14. The molecule has 0 spiro atoms. The number of hydrogen-bond donors (Lipinski definition) is 1. The summed E-state index contributed by atoms with van der Waals surface area (Å²) in [6.07, 6.45) is 3.72. The van der Waals surface area contributed by atoms with E-state index < -0.39 is 6.04 Å². The minimum Gasteiger partial charge on any atom is -0.467 e. The molecule has 0 saturated heterocycles. The molecule has 0 radical (unpaired) electrons. The third-order valence-corrected chi connectivity index (χ3v) is 5.20. The van der Waals surface area contributed by atoms with Gasteiger partial charge in [0.05, 0.1) is 12.7 Å². The van der Waals surface area contributed by atoms with Crippen LogP contribution in [0, 0.1) is 11.8 Å². The maximum Gasteiger partial charge on any atom is 0.328 e. The number of hydrogen-bond acceptors (Lipinski definition) is 4. The molecule has 0 aliphatic heterocycles. The molecule has 0 fully saturated rings. The molecule has 0 bridgehead atoms. The van der Waals surface area contributed by atoms with Gasteiger partial charge in [0.15, 0.2) is 0 Å². The van der Waals surface area contributed by atoms with Crippen LogP contribution < -0.4 is 5.32 Å². The first-order chi connectivity index (χ1) is 10.4. The summed E-state index contributed by atoms with van der Waals surface area (Å²) in [5, 5.41) is 4.79. The SMILES string of the molecule is COC(=O)C(CC(C)C)NC(=O)c1csc2c1CCC(C)C2. The molecule has 1 N–H and O–H groups in total.